The monoisotopic (exact) mass is 502 g/mol. The van der Waals surface area contributed by atoms with Crippen LogP contribution in [0.5, 0.6) is 0 Å². The molecule has 0 radical (unpaired) electrons. The predicted octanol–water partition coefficient (Wildman–Crippen LogP) is 6.71. The highest BCUT2D eigenvalue weighted by Crippen LogP contribution is 2.30. The minimum atomic E-state index is 0.670. The Morgan fingerprint density at radius 3 is 2.58 bits per heavy atom. The molecule has 0 atom stereocenters. The lowest BCUT2D eigenvalue weighted by Crippen LogP contribution is -2.31. The van der Waals surface area contributed by atoms with Crippen molar-refractivity contribution >= 4 is 35.1 Å². The fraction of sp³-hybridized carbons (Fsp3) is 0.281. The SMILES string of the molecule is C=Cc1cc(-c2ncc(/C(=C\C)c3ccc4ncc(CC5CCN(C)CC5)nc4c3)c(C)n2)ccc1N=C. The normalized spacial score (nSPS) is 15.1. The number of piperidine rings is 1. The summed E-state index contributed by atoms with van der Waals surface area (Å²) in [6, 6.07) is 12.2. The third kappa shape index (κ3) is 5.31. The van der Waals surface area contributed by atoms with Gasteiger partial charge in [-0.1, -0.05) is 24.8 Å². The number of hydrogen-bond acceptors (Lipinski definition) is 6. The van der Waals surface area contributed by atoms with Gasteiger partial charge in [-0.2, -0.15) is 0 Å². The second-order valence-corrected chi connectivity index (χ2v) is 10.0. The van der Waals surface area contributed by atoms with Gasteiger partial charge < -0.3 is 4.90 Å². The van der Waals surface area contributed by atoms with Gasteiger partial charge in [0.2, 0.25) is 0 Å². The Hall–Kier alpha value is -4.03. The number of hydrogen-bond donors (Lipinski definition) is 0. The average molecular weight is 503 g/mol. The summed E-state index contributed by atoms with van der Waals surface area (Å²) in [6.45, 7) is 13.9. The van der Waals surface area contributed by atoms with Gasteiger partial charge in [-0.3, -0.25) is 9.98 Å². The number of benzene rings is 2. The molecule has 1 aliphatic rings. The lowest BCUT2D eigenvalue weighted by molar-refractivity contribution is 0.218. The molecule has 38 heavy (non-hydrogen) atoms. The second kappa shape index (κ2) is 11.2. The first kappa shape index (κ1) is 25.6. The number of likely N-dealkylation sites (tertiary alicyclic amines) is 1. The molecule has 0 N–H and O–H groups in total. The van der Waals surface area contributed by atoms with E-state index in [9.17, 15) is 0 Å². The number of aromatic nitrogens is 4. The van der Waals surface area contributed by atoms with Crippen LogP contribution in [-0.4, -0.2) is 51.7 Å². The third-order valence-corrected chi connectivity index (χ3v) is 7.47. The van der Waals surface area contributed by atoms with Gasteiger partial charge in [-0.15, -0.1) is 0 Å². The van der Waals surface area contributed by atoms with Crippen molar-refractivity contribution in [3.05, 3.63) is 89.5 Å². The standard InChI is InChI=1S/C32H34N6/c1-6-23-17-25(9-10-29(23)33-4)32-35-20-28(21(3)36-32)27(7-2)24-8-11-30-31(18-24)37-26(19-34-30)16-22-12-14-38(5)15-13-22/h6-11,17-20,22H,1,4,12-16H2,2-3,5H3/b27-7-. The largest absolute Gasteiger partial charge is 0.306 e. The highest BCUT2D eigenvalue weighted by atomic mass is 15.1. The van der Waals surface area contributed by atoms with Crippen molar-refractivity contribution in [1.29, 1.82) is 0 Å². The van der Waals surface area contributed by atoms with Gasteiger partial charge in [0.05, 0.1) is 22.4 Å². The molecule has 192 valence electrons. The topological polar surface area (TPSA) is 67.2 Å². The molecule has 3 heterocycles. The summed E-state index contributed by atoms with van der Waals surface area (Å²) in [5.41, 5.74) is 9.61. The first-order chi connectivity index (χ1) is 18.5. The predicted molar refractivity (Wildman–Crippen MR) is 158 cm³/mol. The smallest absolute Gasteiger partial charge is 0.159 e. The summed E-state index contributed by atoms with van der Waals surface area (Å²) < 4.78 is 0. The van der Waals surface area contributed by atoms with Gasteiger partial charge >= 0.3 is 0 Å². The van der Waals surface area contributed by atoms with Crippen molar-refractivity contribution in [2.45, 2.75) is 33.1 Å². The Morgan fingerprint density at radius 2 is 1.87 bits per heavy atom. The summed E-state index contributed by atoms with van der Waals surface area (Å²) >= 11 is 0. The van der Waals surface area contributed by atoms with E-state index >= 15 is 0 Å². The lowest BCUT2D eigenvalue weighted by Gasteiger charge is -2.28. The van der Waals surface area contributed by atoms with Crippen molar-refractivity contribution < 1.29 is 0 Å². The Kier molecular flexibility index (Phi) is 7.52. The van der Waals surface area contributed by atoms with E-state index < -0.39 is 0 Å². The highest BCUT2D eigenvalue weighted by molar-refractivity contribution is 5.86. The quantitative estimate of drug-likeness (QED) is 0.263. The van der Waals surface area contributed by atoms with E-state index in [4.69, 9.17) is 19.9 Å². The van der Waals surface area contributed by atoms with E-state index in [-0.39, 0.29) is 0 Å². The summed E-state index contributed by atoms with van der Waals surface area (Å²) in [4.78, 5) is 25.8. The summed E-state index contributed by atoms with van der Waals surface area (Å²) in [7, 11) is 2.20. The molecule has 4 aromatic rings. The zero-order valence-electron chi connectivity index (χ0n) is 22.5. The number of aliphatic imine (C=N–C) groups is 1. The number of rotatable bonds is 7. The van der Waals surface area contributed by atoms with Gasteiger partial charge in [-0.05, 0) is 107 Å². The first-order valence-electron chi connectivity index (χ1n) is 13.2. The lowest BCUT2D eigenvalue weighted by atomic mass is 9.92. The number of fused-ring (bicyclic) bond motifs is 1. The molecular weight excluding hydrogens is 468 g/mol. The van der Waals surface area contributed by atoms with Crippen LogP contribution in [0.1, 0.15) is 47.8 Å². The van der Waals surface area contributed by atoms with Crippen LogP contribution in [0.2, 0.25) is 0 Å². The Morgan fingerprint density at radius 1 is 1.05 bits per heavy atom. The molecule has 2 aromatic heterocycles. The molecule has 1 fully saturated rings. The maximum absolute atomic E-state index is 5.01. The minimum absolute atomic E-state index is 0.670. The van der Waals surface area contributed by atoms with Crippen LogP contribution in [0.3, 0.4) is 0 Å². The Balaban J connectivity index is 1.43. The van der Waals surface area contributed by atoms with Crippen LogP contribution in [-0.2, 0) is 6.42 Å². The first-order valence-corrected chi connectivity index (χ1v) is 13.2. The molecule has 0 aliphatic carbocycles. The van der Waals surface area contributed by atoms with E-state index in [2.05, 4.69) is 54.5 Å². The number of allylic oxidation sites excluding steroid dienone is 1. The highest BCUT2D eigenvalue weighted by Gasteiger charge is 2.18. The number of nitrogens with zero attached hydrogens (tertiary/aromatic N) is 6. The third-order valence-electron chi connectivity index (χ3n) is 7.47. The van der Waals surface area contributed by atoms with Gasteiger partial charge in [0.1, 0.15) is 0 Å². The van der Waals surface area contributed by atoms with Crippen LogP contribution in [0.15, 0.2) is 66.4 Å². The van der Waals surface area contributed by atoms with E-state index in [1.165, 1.54) is 12.8 Å². The fourth-order valence-corrected chi connectivity index (χ4v) is 5.23. The van der Waals surface area contributed by atoms with Crippen LogP contribution < -0.4 is 0 Å². The van der Waals surface area contributed by atoms with E-state index in [0.29, 0.717) is 11.7 Å². The molecule has 0 saturated carbocycles. The molecule has 5 rings (SSSR count). The average Bonchev–Trinajstić information content (AvgIpc) is 2.95. The maximum Gasteiger partial charge on any atom is 0.159 e. The van der Waals surface area contributed by atoms with Gasteiger partial charge in [0, 0.05) is 34.8 Å². The van der Waals surface area contributed by atoms with Crippen LogP contribution in [0.25, 0.3) is 34.1 Å². The molecule has 0 unspecified atom stereocenters. The Labute approximate surface area is 224 Å². The van der Waals surface area contributed by atoms with Crippen LogP contribution in [0.4, 0.5) is 5.69 Å². The zero-order valence-corrected chi connectivity index (χ0v) is 22.5. The molecule has 0 bridgehead atoms. The van der Waals surface area contributed by atoms with Crippen LogP contribution in [0, 0.1) is 12.8 Å². The molecule has 6 nitrogen and oxygen atoms in total. The van der Waals surface area contributed by atoms with E-state index in [1.807, 2.05) is 44.4 Å². The number of aryl methyl sites for hydroxylation is 1. The van der Waals surface area contributed by atoms with Crippen molar-refractivity contribution in [2.24, 2.45) is 10.9 Å². The van der Waals surface area contributed by atoms with Crippen LogP contribution >= 0.6 is 0 Å². The maximum atomic E-state index is 5.01. The zero-order chi connectivity index (χ0) is 26.6. The van der Waals surface area contributed by atoms with E-state index in [1.54, 1.807) is 6.08 Å². The molecule has 0 amide bonds. The van der Waals surface area contributed by atoms with Crippen molar-refractivity contribution in [3.8, 4) is 11.4 Å². The molecule has 1 aliphatic heterocycles. The molecule has 0 spiro atoms. The second-order valence-electron chi connectivity index (χ2n) is 10.0. The van der Waals surface area contributed by atoms with Gasteiger partial charge in [0.25, 0.3) is 0 Å². The van der Waals surface area contributed by atoms with Crippen molar-refractivity contribution in [2.75, 3.05) is 20.1 Å². The van der Waals surface area contributed by atoms with E-state index in [0.717, 1.165) is 75.4 Å². The molecule has 2 aromatic carbocycles. The van der Waals surface area contributed by atoms with Crippen molar-refractivity contribution in [3.63, 3.8) is 0 Å². The molecular formula is C32H34N6. The van der Waals surface area contributed by atoms with Gasteiger partial charge in [-0.25, -0.2) is 15.0 Å². The summed E-state index contributed by atoms with van der Waals surface area (Å²) in [6.07, 6.45) is 11.2. The minimum Gasteiger partial charge on any atom is -0.306 e. The summed E-state index contributed by atoms with van der Waals surface area (Å²) in [5.74, 6) is 1.35. The Bertz CT molecular complexity index is 1530. The fourth-order valence-electron chi connectivity index (χ4n) is 5.23. The summed E-state index contributed by atoms with van der Waals surface area (Å²) in [5, 5.41) is 0. The molecule has 6 heteroatoms. The molecule has 1 saturated heterocycles. The van der Waals surface area contributed by atoms with Crippen molar-refractivity contribution in [1.82, 2.24) is 24.8 Å². The van der Waals surface area contributed by atoms with Gasteiger partial charge in [0.15, 0.2) is 5.82 Å².